The molecule has 0 fully saturated rings. The molecule has 2 heterocycles. The number of nitrogens with zero attached hydrogens (tertiary/aromatic N) is 4. The van der Waals surface area contributed by atoms with Crippen molar-refractivity contribution in [2.45, 2.75) is 26.2 Å². The van der Waals surface area contributed by atoms with Crippen LogP contribution < -0.4 is 4.90 Å². The summed E-state index contributed by atoms with van der Waals surface area (Å²) in [6.07, 6.45) is 3.49. The molecule has 0 aliphatic rings. The van der Waals surface area contributed by atoms with Gasteiger partial charge in [-0.25, -0.2) is 9.37 Å². The smallest absolute Gasteiger partial charge is 0.151 e. The summed E-state index contributed by atoms with van der Waals surface area (Å²) in [5.41, 5.74) is 2.74. The van der Waals surface area contributed by atoms with Crippen molar-refractivity contribution in [3.63, 3.8) is 0 Å². The van der Waals surface area contributed by atoms with Gasteiger partial charge in [-0.3, -0.25) is 0 Å². The van der Waals surface area contributed by atoms with Gasteiger partial charge in [-0.05, 0) is 61.4 Å². The van der Waals surface area contributed by atoms with E-state index in [0.29, 0.717) is 5.69 Å². The number of rotatable bonds is 7. The number of thiazole rings is 1. The second kappa shape index (κ2) is 9.02. The summed E-state index contributed by atoms with van der Waals surface area (Å²) in [7, 11) is 3.95. The van der Waals surface area contributed by atoms with Gasteiger partial charge in [0, 0.05) is 30.2 Å². The van der Waals surface area contributed by atoms with Crippen LogP contribution in [-0.4, -0.2) is 19.1 Å². The topological polar surface area (TPSA) is 40.9 Å². The van der Waals surface area contributed by atoms with Crippen LogP contribution >= 0.6 is 22.7 Å². The summed E-state index contributed by atoms with van der Waals surface area (Å²) >= 11 is 3.35. The van der Waals surface area contributed by atoms with Crippen molar-refractivity contribution >= 4 is 49.3 Å². The van der Waals surface area contributed by atoms with Crippen molar-refractivity contribution in [1.82, 2.24) is 4.98 Å². The minimum atomic E-state index is -0.400. The largest absolute Gasteiger partial charge is 0.378 e. The third-order valence-corrected chi connectivity index (χ3v) is 7.02. The number of azo groups is 1. The zero-order chi connectivity index (χ0) is 21.1. The molecule has 7 heteroatoms. The Morgan fingerprint density at radius 3 is 2.47 bits per heavy atom. The molecule has 0 spiro atoms. The van der Waals surface area contributed by atoms with Crippen molar-refractivity contribution in [2.24, 2.45) is 10.2 Å². The first-order valence-corrected chi connectivity index (χ1v) is 11.5. The number of aromatic nitrogens is 1. The van der Waals surface area contributed by atoms with Gasteiger partial charge in [0.1, 0.15) is 15.5 Å². The summed E-state index contributed by atoms with van der Waals surface area (Å²) in [5, 5.41) is 9.07. The van der Waals surface area contributed by atoms with Gasteiger partial charge in [0.05, 0.1) is 10.4 Å². The Bertz CT molecular complexity index is 1140. The molecule has 154 valence electrons. The van der Waals surface area contributed by atoms with Crippen molar-refractivity contribution in [2.75, 3.05) is 19.0 Å². The molecule has 4 rings (SSSR count). The standard InChI is InChI=1S/C23H23FN4S2/c1-4-5-6-18-14-21-23(29-18)25-22(30-21)15-7-12-20(19(24)13-15)27-26-16-8-10-17(11-9-16)28(2)3/h7-14H,4-6H2,1-3H3. The molecule has 0 radical (unpaired) electrons. The lowest BCUT2D eigenvalue weighted by atomic mass is 10.2. The number of hydrogen-bond donors (Lipinski definition) is 0. The predicted molar refractivity (Wildman–Crippen MR) is 126 cm³/mol. The quantitative estimate of drug-likeness (QED) is 0.274. The zero-order valence-corrected chi connectivity index (χ0v) is 18.9. The van der Waals surface area contributed by atoms with Crippen molar-refractivity contribution < 1.29 is 4.39 Å². The van der Waals surface area contributed by atoms with Crippen LogP contribution in [-0.2, 0) is 6.42 Å². The summed E-state index contributed by atoms with van der Waals surface area (Å²) in [6, 6.07) is 14.9. The van der Waals surface area contributed by atoms with Crippen LogP contribution in [0.1, 0.15) is 24.6 Å². The fourth-order valence-electron chi connectivity index (χ4n) is 3.03. The highest BCUT2D eigenvalue weighted by atomic mass is 32.1. The maximum atomic E-state index is 14.6. The fraction of sp³-hybridized carbons (Fsp3) is 0.261. The number of hydrogen-bond acceptors (Lipinski definition) is 6. The fourth-order valence-corrected chi connectivity index (χ4v) is 5.30. The molecule has 0 aliphatic carbocycles. The lowest BCUT2D eigenvalue weighted by molar-refractivity contribution is 0.629. The number of thiophene rings is 1. The van der Waals surface area contributed by atoms with Crippen LogP contribution in [0, 0.1) is 5.82 Å². The first-order valence-electron chi connectivity index (χ1n) is 9.92. The average molecular weight is 439 g/mol. The van der Waals surface area contributed by atoms with Crippen molar-refractivity contribution in [1.29, 1.82) is 0 Å². The van der Waals surface area contributed by atoms with E-state index in [1.807, 2.05) is 49.3 Å². The number of benzene rings is 2. The Labute approximate surface area is 183 Å². The monoisotopic (exact) mass is 438 g/mol. The molecule has 0 bridgehead atoms. The predicted octanol–water partition coefficient (Wildman–Crippen LogP) is 7.99. The van der Waals surface area contributed by atoms with E-state index in [9.17, 15) is 4.39 Å². The lowest BCUT2D eigenvalue weighted by Crippen LogP contribution is -2.07. The molecule has 30 heavy (non-hydrogen) atoms. The molecule has 0 aliphatic heterocycles. The Morgan fingerprint density at radius 1 is 1.00 bits per heavy atom. The van der Waals surface area contributed by atoms with Gasteiger partial charge < -0.3 is 4.90 Å². The second-order valence-electron chi connectivity index (χ2n) is 7.28. The number of halogens is 1. The molecule has 0 saturated heterocycles. The normalized spacial score (nSPS) is 11.6. The lowest BCUT2D eigenvalue weighted by Gasteiger charge is -2.11. The van der Waals surface area contributed by atoms with Crippen LogP contribution in [0.15, 0.2) is 58.8 Å². The van der Waals surface area contributed by atoms with Gasteiger partial charge in [0.2, 0.25) is 0 Å². The third kappa shape index (κ3) is 4.57. The van der Waals surface area contributed by atoms with Crippen LogP contribution in [0.2, 0.25) is 0 Å². The van der Waals surface area contributed by atoms with Gasteiger partial charge in [-0.15, -0.1) is 27.8 Å². The number of anilines is 1. The minimum Gasteiger partial charge on any atom is -0.378 e. The molecule has 0 atom stereocenters. The first-order chi connectivity index (χ1) is 14.5. The summed E-state index contributed by atoms with van der Waals surface area (Å²) in [5.74, 6) is -0.400. The van der Waals surface area contributed by atoms with Crippen molar-refractivity contribution in [3.8, 4) is 10.6 Å². The SMILES string of the molecule is CCCCc1cc2sc(-c3ccc(N=Nc4ccc(N(C)C)cc4)c(F)c3)nc2s1. The van der Waals surface area contributed by atoms with Gasteiger partial charge in [0.25, 0.3) is 0 Å². The molecule has 0 amide bonds. The molecule has 4 nitrogen and oxygen atoms in total. The summed E-state index contributed by atoms with van der Waals surface area (Å²) in [6.45, 7) is 2.20. The Kier molecular flexibility index (Phi) is 6.20. The number of unbranched alkanes of at least 4 members (excludes halogenated alkanes) is 1. The first kappa shape index (κ1) is 20.6. The van der Waals surface area contributed by atoms with E-state index in [1.165, 1.54) is 28.5 Å². The average Bonchev–Trinajstić information content (AvgIpc) is 3.30. The Hall–Kier alpha value is -2.64. The van der Waals surface area contributed by atoms with Gasteiger partial charge in [0.15, 0.2) is 5.82 Å². The maximum absolute atomic E-state index is 14.6. The second-order valence-corrected chi connectivity index (χ2v) is 9.43. The molecule has 2 aromatic carbocycles. The van der Waals surface area contributed by atoms with Gasteiger partial charge in [-0.1, -0.05) is 13.3 Å². The molecule has 2 aromatic heterocycles. The molecule has 0 unspecified atom stereocenters. The van der Waals surface area contributed by atoms with E-state index in [1.54, 1.807) is 28.7 Å². The number of fused-ring (bicyclic) bond motifs is 1. The highest BCUT2D eigenvalue weighted by molar-refractivity contribution is 7.28. The van der Waals surface area contributed by atoms with E-state index >= 15 is 0 Å². The van der Waals surface area contributed by atoms with Gasteiger partial charge >= 0.3 is 0 Å². The highest BCUT2D eigenvalue weighted by Gasteiger charge is 2.12. The molecular formula is C23H23FN4S2. The van der Waals surface area contributed by atoms with E-state index < -0.39 is 5.82 Å². The summed E-state index contributed by atoms with van der Waals surface area (Å²) in [4.78, 5) is 9.13. The highest BCUT2D eigenvalue weighted by Crippen LogP contribution is 2.37. The van der Waals surface area contributed by atoms with Crippen LogP contribution in [0.3, 0.4) is 0 Å². The number of aryl methyl sites for hydroxylation is 1. The summed E-state index contributed by atoms with van der Waals surface area (Å²) < 4.78 is 15.8. The Balaban J connectivity index is 1.51. The van der Waals surface area contributed by atoms with Gasteiger partial charge in [-0.2, -0.15) is 5.11 Å². The minimum absolute atomic E-state index is 0.218. The van der Waals surface area contributed by atoms with E-state index in [0.717, 1.165) is 27.5 Å². The Morgan fingerprint density at radius 2 is 1.80 bits per heavy atom. The zero-order valence-electron chi connectivity index (χ0n) is 17.2. The maximum Gasteiger partial charge on any atom is 0.151 e. The van der Waals surface area contributed by atoms with Crippen LogP contribution in [0.4, 0.5) is 21.5 Å². The third-order valence-electron chi connectivity index (χ3n) is 4.75. The van der Waals surface area contributed by atoms with Crippen LogP contribution in [0.25, 0.3) is 20.1 Å². The molecule has 0 saturated carbocycles. The van der Waals surface area contributed by atoms with E-state index in [4.69, 9.17) is 4.98 Å². The molecule has 4 aromatic rings. The van der Waals surface area contributed by atoms with E-state index in [-0.39, 0.29) is 5.69 Å². The van der Waals surface area contributed by atoms with E-state index in [2.05, 4.69) is 23.2 Å². The molecular weight excluding hydrogens is 415 g/mol. The molecule has 0 N–H and O–H groups in total. The van der Waals surface area contributed by atoms with Crippen LogP contribution in [0.5, 0.6) is 0 Å². The van der Waals surface area contributed by atoms with Crippen molar-refractivity contribution in [3.05, 3.63) is 59.2 Å².